The van der Waals surface area contributed by atoms with Crippen LogP contribution in [-0.2, 0) is 5.41 Å². The van der Waals surface area contributed by atoms with Crippen LogP contribution in [0.25, 0.3) is 56.4 Å². The molecule has 0 fully saturated rings. The number of hydrogen-bond acceptors (Lipinski definition) is 2. The van der Waals surface area contributed by atoms with Crippen LogP contribution in [0.4, 0.5) is 0 Å². The maximum Gasteiger partial charge on any atom is 0.144 e. The lowest BCUT2D eigenvalue weighted by Crippen LogP contribution is -2.28. The molecule has 6 aromatic carbocycles. The lowest BCUT2D eigenvalue weighted by Gasteiger charge is -2.37. The first-order chi connectivity index (χ1) is 26.0. The van der Waals surface area contributed by atoms with Gasteiger partial charge in [0, 0.05) is 52.7 Å². The van der Waals surface area contributed by atoms with E-state index in [4.69, 9.17) is 9.97 Å². The minimum Gasteiger partial charge on any atom is -0.300 e. The second kappa shape index (κ2) is 14.4. The Hall–Kier alpha value is -6.26. The standard InChI is InChI=1S/C49H44N4/c1-5-49(6-2,41-33-35(3)32-36(4)34-41)46-44(37-20-24-39(25-21-37)47-50-28-30-52(47)42-14-9-7-10-15-42)18-13-19-45(46)38-22-26-40(27-23-38)48-51-29-31-53(48)43-16-11-8-12-17-43/h7-34H,5-6H2,1-4H3. The predicted molar refractivity (Wildman–Crippen MR) is 220 cm³/mol. The summed E-state index contributed by atoms with van der Waals surface area (Å²) in [5.41, 5.74) is 14.4. The van der Waals surface area contributed by atoms with Crippen molar-refractivity contribution in [2.45, 2.75) is 46.0 Å². The van der Waals surface area contributed by atoms with Crippen LogP contribution in [0, 0.1) is 13.8 Å². The second-order valence-electron chi connectivity index (χ2n) is 14.0. The zero-order chi connectivity index (χ0) is 36.4. The highest BCUT2D eigenvalue weighted by atomic mass is 15.1. The number of para-hydroxylation sites is 2. The number of rotatable bonds is 10. The zero-order valence-electron chi connectivity index (χ0n) is 30.9. The molecule has 2 heterocycles. The molecule has 0 bridgehead atoms. The summed E-state index contributed by atoms with van der Waals surface area (Å²) in [7, 11) is 0. The van der Waals surface area contributed by atoms with Gasteiger partial charge in [0.05, 0.1) is 0 Å². The molecule has 0 amide bonds. The summed E-state index contributed by atoms with van der Waals surface area (Å²) in [4.78, 5) is 9.53. The van der Waals surface area contributed by atoms with Gasteiger partial charge >= 0.3 is 0 Å². The van der Waals surface area contributed by atoms with Gasteiger partial charge in [0.25, 0.3) is 0 Å². The van der Waals surface area contributed by atoms with Crippen LogP contribution in [0.2, 0.25) is 0 Å². The summed E-state index contributed by atoms with van der Waals surface area (Å²) < 4.78 is 4.30. The highest BCUT2D eigenvalue weighted by Crippen LogP contribution is 2.48. The van der Waals surface area contributed by atoms with Gasteiger partial charge in [0.15, 0.2) is 0 Å². The average Bonchev–Trinajstić information content (AvgIpc) is 3.91. The molecule has 0 spiro atoms. The minimum absolute atomic E-state index is 0.215. The Morgan fingerprint density at radius 1 is 0.472 bits per heavy atom. The molecule has 0 aliphatic carbocycles. The molecule has 4 nitrogen and oxygen atoms in total. The SMILES string of the molecule is CCC(CC)(c1cc(C)cc(C)c1)c1c(-c2ccc(-c3nccn3-c3ccccc3)cc2)cccc1-c1ccc(-c2nccn2-c2ccccc2)cc1. The van der Waals surface area contributed by atoms with Crippen molar-refractivity contribution in [3.63, 3.8) is 0 Å². The number of imidazole rings is 2. The summed E-state index contributed by atoms with van der Waals surface area (Å²) in [5.74, 6) is 1.85. The first-order valence-corrected chi connectivity index (χ1v) is 18.6. The van der Waals surface area contributed by atoms with Crippen LogP contribution in [0.3, 0.4) is 0 Å². The van der Waals surface area contributed by atoms with Crippen molar-refractivity contribution in [2.75, 3.05) is 0 Å². The van der Waals surface area contributed by atoms with Crippen molar-refractivity contribution >= 4 is 0 Å². The van der Waals surface area contributed by atoms with Gasteiger partial charge in [-0.1, -0.05) is 146 Å². The fourth-order valence-electron chi connectivity index (χ4n) is 8.18. The zero-order valence-corrected chi connectivity index (χ0v) is 30.9. The fraction of sp³-hybridized carbons (Fsp3) is 0.143. The Labute approximate surface area is 313 Å². The van der Waals surface area contributed by atoms with Crippen molar-refractivity contribution in [3.05, 3.63) is 193 Å². The van der Waals surface area contributed by atoms with Crippen LogP contribution in [0.15, 0.2) is 170 Å². The number of aryl methyl sites for hydroxylation is 2. The molecule has 8 rings (SSSR count). The molecular weight excluding hydrogens is 645 g/mol. The molecule has 53 heavy (non-hydrogen) atoms. The Kier molecular flexibility index (Phi) is 9.20. The third kappa shape index (κ3) is 6.31. The molecule has 0 saturated heterocycles. The molecule has 4 heteroatoms. The third-order valence-electron chi connectivity index (χ3n) is 10.8. The van der Waals surface area contributed by atoms with Gasteiger partial charge in [-0.25, -0.2) is 9.97 Å². The van der Waals surface area contributed by atoms with Gasteiger partial charge in [-0.15, -0.1) is 0 Å². The predicted octanol–water partition coefficient (Wildman–Crippen LogP) is 12.4. The van der Waals surface area contributed by atoms with Crippen molar-refractivity contribution in [1.29, 1.82) is 0 Å². The van der Waals surface area contributed by atoms with Crippen LogP contribution < -0.4 is 0 Å². The van der Waals surface area contributed by atoms with E-state index in [-0.39, 0.29) is 5.41 Å². The van der Waals surface area contributed by atoms with Gasteiger partial charge < -0.3 is 0 Å². The van der Waals surface area contributed by atoms with E-state index in [1.807, 2.05) is 36.9 Å². The van der Waals surface area contributed by atoms with E-state index < -0.39 is 0 Å². The number of hydrogen-bond donors (Lipinski definition) is 0. The van der Waals surface area contributed by atoms with E-state index >= 15 is 0 Å². The Balaban J connectivity index is 1.27. The maximum absolute atomic E-state index is 4.76. The highest BCUT2D eigenvalue weighted by molar-refractivity contribution is 5.83. The molecule has 8 aromatic rings. The monoisotopic (exact) mass is 688 g/mol. The smallest absolute Gasteiger partial charge is 0.144 e. The molecule has 0 N–H and O–H groups in total. The molecule has 0 atom stereocenters. The molecule has 0 aliphatic rings. The number of nitrogens with zero attached hydrogens (tertiary/aromatic N) is 4. The number of benzene rings is 6. The van der Waals surface area contributed by atoms with Crippen LogP contribution >= 0.6 is 0 Å². The summed E-state index contributed by atoms with van der Waals surface area (Å²) in [6.07, 6.45) is 9.74. The lowest BCUT2D eigenvalue weighted by molar-refractivity contribution is 0.480. The van der Waals surface area contributed by atoms with Crippen molar-refractivity contribution in [3.8, 4) is 56.4 Å². The molecular formula is C49H44N4. The maximum atomic E-state index is 4.76. The van der Waals surface area contributed by atoms with Crippen LogP contribution in [-0.4, -0.2) is 19.1 Å². The van der Waals surface area contributed by atoms with Gasteiger partial charge in [0.2, 0.25) is 0 Å². The Bertz CT molecular complexity index is 2310. The summed E-state index contributed by atoms with van der Waals surface area (Å²) >= 11 is 0. The summed E-state index contributed by atoms with van der Waals surface area (Å²) in [5, 5.41) is 0. The second-order valence-corrected chi connectivity index (χ2v) is 14.0. The van der Waals surface area contributed by atoms with Crippen LogP contribution in [0.1, 0.15) is 48.9 Å². The lowest BCUT2D eigenvalue weighted by atomic mass is 9.65. The van der Waals surface area contributed by atoms with E-state index in [0.717, 1.165) is 47.0 Å². The van der Waals surface area contributed by atoms with Gasteiger partial charge in [-0.05, 0) is 84.3 Å². The van der Waals surface area contributed by atoms with Crippen molar-refractivity contribution in [2.24, 2.45) is 0 Å². The molecule has 0 unspecified atom stereocenters. The van der Waals surface area contributed by atoms with Gasteiger partial charge in [0.1, 0.15) is 11.6 Å². The third-order valence-corrected chi connectivity index (χ3v) is 10.8. The molecule has 0 radical (unpaired) electrons. The number of aromatic nitrogens is 4. The first-order valence-electron chi connectivity index (χ1n) is 18.6. The fourth-order valence-corrected chi connectivity index (χ4v) is 8.18. The molecule has 0 saturated carbocycles. The highest BCUT2D eigenvalue weighted by Gasteiger charge is 2.36. The van der Waals surface area contributed by atoms with E-state index in [1.54, 1.807) is 0 Å². The van der Waals surface area contributed by atoms with Crippen molar-refractivity contribution in [1.82, 2.24) is 19.1 Å². The Morgan fingerprint density at radius 3 is 1.30 bits per heavy atom. The van der Waals surface area contributed by atoms with E-state index in [0.29, 0.717) is 0 Å². The van der Waals surface area contributed by atoms with Gasteiger partial charge in [-0.2, -0.15) is 0 Å². The quantitative estimate of drug-likeness (QED) is 0.143. The largest absolute Gasteiger partial charge is 0.300 e. The molecule has 0 aliphatic heterocycles. The molecule has 2 aromatic heterocycles. The summed E-state index contributed by atoms with van der Waals surface area (Å²) in [6.45, 7) is 9.13. The normalized spacial score (nSPS) is 11.5. The van der Waals surface area contributed by atoms with Crippen molar-refractivity contribution < 1.29 is 0 Å². The van der Waals surface area contributed by atoms with E-state index in [2.05, 4.69) is 170 Å². The summed E-state index contributed by atoms with van der Waals surface area (Å²) in [6, 6.07) is 52.7. The first kappa shape index (κ1) is 33.9. The Morgan fingerprint density at radius 2 is 0.887 bits per heavy atom. The minimum atomic E-state index is -0.215. The van der Waals surface area contributed by atoms with E-state index in [9.17, 15) is 0 Å². The van der Waals surface area contributed by atoms with E-state index in [1.165, 1.54) is 44.5 Å². The topological polar surface area (TPSA) is 35.6 Å². The van der Waals surface area contributed by atoms with Crippen LogP contribution in [0.5, 0.6) is 0 Å². The average molecular weight is 689 g/mol. The molecule has 260 valence electrons. The van der Waals surface area contributed by atoms with Gasteiger partial charge in [-0.3, -0.25) is 9.13 Å².